The Bertz CT molecular complexity index is 1640. The van der Waals surface area contributed by atoms with Crippen molar-refractivity contribution in [2.45, 2.75) is 84.1 Å². The molecule has 3 rings (SSSR count). The molecule has 8 N–H and O–H groups in total. The van der Waals surface area contributed by atoms with Crippen LogP contribution in [0.1, 0.15) is 70.7 Å². The van der Waals surface area contributed by atoms with E-state index in [0.717, 1.165) is 23.8 Å². The van der Waals surface area contributed by atoms with Gasteiger partial charge in [-0.3, -0.25) is 19.2 Å². The Kier molecular flexibility index (Phi) is 14.8. The number of amides is 3. The molecule has 0 bridgehead atoms. The number of hydrogen-bond donors (Lipinski definition) is 6. The van der Waals surface area contributed by atoms with Crippen molar-refractivity contribution in [2.24, 2.45) is 16.9 Å². The number of unbranched alkanes of at least 4 members (excludes halogenated alkanes) is 1. The molecule has 51 heavy (non-hydrogen) atoms. The zero-order valence-corrected chi connectivity index (χ0v) is 29.6. The number of carboxylic acids is 1. The summed E-state index contributed by atoms with van der Waals surface area (Å²) in [5, 5.41) is 24.2. The molecule has 14 heteroatoms. The SMILES string of the molecule is CC(NC(=O)[C@@H](N)CCN(C(=O)CO)[C@@H](c1cc(-c2cc(F)ccc2F)cn1Cc1ccccc1)C(C)(C)C)C(=O)NCCCC[C@H](N)C(=O)O. The molecule has 0 aliphatic heterocycles. The lowest BCUT2D eigenvalue weighted by atomic mass is 9.82. The van der Waals surface area contributed by atoms with E-state index in [9.17, 15) is 33.1 Å². The second kappa shape index (κ2) is 18.5. The van der Waals surface area contributed by atoms with Gasteiger partial charge in [0.05, 0.1) is 12.1 Å². The molecule has 1 unspecified atom stereocenters. The van der Waals surface area contributed by atoms with E-state index in [0.29, 0.717) is 30.6 Å². The van der Waals surface area contributed by atoms with Crippen molar-refractivity contribution in [1.82, 2.24) is 20.1 Å². The third kappa shape index (κ3) is 11.7. The molecule has 1 aromatic heterocycles. The van der Waals surface area contributed by atoms with Crippen LogP contribution in [0.4, 0.5) is 8.78 Å². The smallest absolute Gasteiger partial charge is 0.320 e. The Balaban J connectivity index is 1.81. The van der Waals surface area contributed by atoms with E-state index in [4.69, 9.17) is 16.6 Å². The van der Waals surface area contributed by atoms with Gasteiger partial charge in [0.25, 0.3) is 0 Å². The van der Waals surface area contributed by atoms with Crippen LogP contribution in [0.3, 0.4) is 0 Å². The van der Waals surface area contributed by atoms with Gasteiger partial charge >= 0.3 is 5.97 Å². The third-order valence-corrected chi connectivity index (χ3v) is 8.56. The summed E-state index contributed by atoms with van der Waals surface area (Å²) < 4.78 is 31.1. The van der Waals surface area contributed by atoms with Crippen LogP contribution < -0.4 is 22.1 Å². The van der Waals surface area contributed by atoms with Crippen LogP contribution in [0.2, 0.25) is 0 Å². The number of hydrogen-bond acceptors (Lipinski definition) is 7. The number of aliphatic hydroxyl groups excluding tert-OH is 1. The Morgan fingerprint density at radius 3 is 2.25 bits per heavy atom. The summed E-state index contributed by atoms with van der Waals surface area (Å²) >= 11 is 0. The van der Waals surface area contributed by atoms with Gasteiger partial charge in [0, 0.05) is 42.7 Å². The molecular weight excluding hydrogens is 662 g/mol. The van der Waals surface area contributed by atoms with Crippen LogP contribution in [0.15, 0.2) is 60.8 Å². The number of aromatic nitrogens is 1. The molecule has 0 aliphatic rings. The normalized spacial score (nSPS) is 13.9. The van der Waals surface area contributed by atoms with Crippen molar-refractivity contribution in [2.75, 3.05) is 19.7 Å². The molecule has 4 atom stereocenters. The molecule has 1 heterocycles. The number of nitrogens with two attached hydrogens (primary N) is 2. The molecule has 0 spiro atoms. The molecule has 12 nitrogen and oxygen atoms in total. The molecule has 2 aromatic carbocycles. The van der Waals surface area contributed by atoms with Gasteiger partial charge in [0.15, 0.2) is 0 Å². The zero-order chi connectivity index (χ0) is 37.9. The van der Waals surface area contributed by atoms with Crippen LogP contribution in [0.25, 0.3) is 11.1 Å². The molecule has 3 amide bonds. The van der Waals surface area contributed by atoms with E-state index < -0.39 is 71.5 Å². The van der Waals surface area contributed by atoms with Crippen molar-refractivity contribution in [1.29, 1.82) is 0 Å². The Hall–Kier alpha value is -4.66. The highest BCUT2D eigenvalue weighted by molar-refractivity contribution is 5.89. The summed E-state index contributed by atoms with van der Waals surface area (Å²) in [5.41, 5.74) is 13.1. The highest BCUT2D eigenvalue weighted by atomic mass is 19.1. The monoisotopic (exact) mass is 712 g/mol. The van der Waals surface area contributed by atoms with Gasteiger partial charge in [0.1, 0.15) is 30.3 Å². The summed E-state index contributed by atoms with van der Waals surface area (Å²) in [4.78, 5) is 51.3. The van der Waals surface area contributed by atoms with Gasteiger partial charge in [-0.05, 0) is 67.9 Å². The molecule has 0 radical (unpaired) electrons. The third-order valence-electron chi connectivity index (χ3n) is 8.56. The number of nitrogens with one attached hydrogen (secondary N) is 2. The number of carbonyl (C=O) groups excluding carboxylic acids is 3. The van der Waals surface area contributed by atoms with E-state index in [-0.39, 0.29) is 31.5 Å². The van der Waals surface area contributed by atoms with Gasteiger partial charge in [-0.25, -0.2) is 8.78 Å². The number of nitrogens with zero attached hydrogens (tertiary/aromatic N) is 2. The van der Waals surface area contributed by atoms with Gasteiger partial charge in [-0.2, -0.15) is 0 Å². The Labute approximate surface area is 297 Å². The van der Waals surface area contributed by atoms with Crippen molar-refractivity contribution in [3.05, 3.63) is 83.7 Å². The van der Waals surface area contributed by atoms with Gasteiger partial charge in [-0.15, -0.1) is 0 Å². The number of halogens is 2. The van der Waals surface area contributed by atoms with Gasteiger partial charge < -0.3 is 41.8 Å². The minimum Gasteiger partial charge on any atom is -0.480 e. The lowest BCUT2D eigenvalue weighted by Crippen LogP contribution is -2.51. The number of rotatable bonds is 18. The number of benzene rings is 2. The minimum atomic E-state index is -1.12. The van der Waals surface area contributed by atoms with Crippen LogP contribution in [0.5, 0.6) is 0 Å². The van der Waals surface area contributed by atoms with E-state index in [1.165, 1.54) is 11.8 Å². The number of aliphatic carboxylic acids is 1. The fraction of sp³-hybridized carbons (Fsp3) is 0.459. The van der Waals surface area contributed by atoms with Crippen LogP contribution in [-0.4, -0.2) is 81.2 Å². The van der Waals surface area contributed by atoms with Crippen LogP contribution in [-0.2, 0) is 25.7 Å². The quantitative estimate of drug-likeness (QED) is 0.108. The minimum absolute atomic E-state index is 0.0207. The molecule has 0 saturated heterocycles. The highest BCUT2D eigenvalue weighted by Gasteiger charge is 2.37. The fourth-order valence-electron chi connectivity index (χ4n) is 5.87. The maximum atomic E-state index is 15.0. The average Bonchev–Trinajstić information content (AvgIpc) is 3.48. The molecular formula is C37H50F2N6O6. The standard InChI is InChI=1S/C37H50F2N6O6/c1-23(34(48)42-16-9-8-12-30(41)36(50)51)43-35(49)29(40)15-17-45(32(47)22-46)33(37(2,3)4)31-18-25(27-19-26(38)13-14-28(27)39)21-44(31)20-24-10-6-5-7-11-24/h5-7,10-11,13-14,18-19,21,23,29-30,33,46H,8-9,12,15-17,20,22,40-41H2,1-4H3,(H,42,48)(H,43,49)(H,50,51)/t23?,29-,30-,33-/m0/s1. The second-order valence-electron chi connectivity index (χ2n) is 13.8. The zero-order valence-electron chi connectivity index (χ0n) is 29.6. The molecule has 3 aromatic rings. The number of aliphatic hydroxyl groups is 1. The largest absolute Gasteiger partial charge is 0.480 e. The first-order chi connectivity index (χ1) is 24.0. The summed E-state index contributed by atoms with van der Waals surface area (Å²) in [7, 11) is 0. The molecule has 0 fully saturated rings. The first kappa shape index (κ1) is 40.8. The van der Waals surface area contributed by atoms with E-state index in [1.807, 2.05) is 55.7 Å². The summed E-state index contributed by atoms with van der Waals surface area (Å²) in [6.07, 6.45) is 2.95. The van der Waals surface area contributed by atoms with Gasteiger partial charge in [-0.1, -0.05) is 51.1 Å². The predicted molar refractivity (Wildman–Crippen MR) is 189 cm³/mol. The topological polar surface area (TPSA) is 193 Å². The van der Waals surface area contributed by atoms with Crippen LogP contribution in [0, 0.1) is 17.0 Å². The van der Waals surface area contributed by atoms with Crippen molar-refractivity contribution >= 4 is 23.7 Å². The lowest BCUT2D eigenvalue weighted by molar-refractivity contribution is -0.140. The van der Waals surface area contributed by atoms with Crippen molar-refractivity contribution < 1.29 is 38.2 Å². The summed E-state index contributed by atoms with van der Waals surface area (Å²) in [5.74, 6) is -4.00. The van der Waals surface area contributed by atoms with E-state index >= 15 is 0 Å². The number of carboxylic acid groups (broad SMARTS) is 1. The first-order valence-corrected chi connectivity index (χ1v) is 16.9. The van der Waals surface area contributed by atoms with Gasteiger partial charge in [0.2, 0.25) is 17.7 Å². The van der Waals surface area contributed by atoms with Crippen molar-refractivity contribution in [3.63, 3.8) is 0 Å². The summed E-state index contributed by atoms with van der Waals surface area (Å²) in [6.45, 7) is 6.97. The molecule has 0 aliphatic carbocycles. The lowest BCUT2D eigenvalue weighted by Gasteiger charge is -2.41. The Morgan fingerprint density at radius 1 is 0.941 bits per heavy atom. The number of carbonyl (C=O) groups is 4. The fourth-order valence-corrected chi connectivity index (χ4v) is 5.87. The first-order valence-electron chi connectivity index (χ1n) is 16.9. The van der Waals surface area contributed by atoms with Crippen molar-refractivity contribution in [3.8, 4) is 11.1 Å². The maximum Gasteiger partial charge on any atom is 0.320 e. The Morgan fingerprint density at radius 2 is 1.63 bits per heavy atom. The maximum absolute atomic E-state index is 15.0. The van der Waals surface area contributed by atoms with E-state index in [1.54, 1.807) is 12.3 Å². The predicted octanol–water partition coefficient (Wildman–Crippen LogP) is 3.31. The highest BCUT2D eigenvalue weighted by Crippen LogP contribution is 2.41. The average molecular weight is 713 g/mol. The molecule has 278 valence electrons. The molecule has 0 saturated carbocycles. The summed E-state index contributed by atoms with van der Waals surface area (Å²) in [6, 6.07) is 10.7. The van der Waals surface area contributed by atoms with Crippen LogP contribution >= 0.6 is 0 Å². The second-order valence-corrected chi connectivity index (χ2v) is 13.8. The van der Waals surface area contributed by atoms with E-state index in [2.05, 4.69) is 10.6 Å².